The predicted octanol–water partition coefficient (Wildman–Crippen LogP) is 2.15. The van der Waals surface area contributed by atoms with Crippen molar-refractivity contribution in [3.8, 4) is 0 Å². The van der Waals surface area contributed by atoms with Crippen LogP contribution < -0.4 is 10.5 Å². The quantitative estimate of drug-likeness (QED) is 0.825. The van der Waals surface area contributed by atoms with Crippen LogP contribution >= 0.6 is 11.6 Å². The largest absolute Gasteiger partial charge is 0.396 e. The van der Waals surface area contributed by atoms with Gasteiger partial charge in [0.2, 0.25) is 10.0 Å². The lowest BCUT2D eigenvalue weighted by Crippen LogP contribution is -2.61. The van der Waals surface area contributed by atoms with Crippen LogP contribution in [0, 0.1) is 11.2 Å². The van der Waals surface area contributed by atoms with Crippen LogP contribution in [0.15, 0.2) is 17.0 Å². The van der Waals surface area contributed by atoms with Gasteiger partial charge in [0.05, 0.1) is 11.8 Å². The number of nitrogens with one attached hydrogen (secondary N) is 1. The van der Waals surface area contributed by atoms with E-state index in [9.17, 15) is 12.8 Å². The summed E-state index contributed by atoms with van der Waals surface area (Å²) in [5, 5.41) is 0.0666. The van der Waals surface area contributed by atoms with E-state index in [1.165, 1.54) is 6.07 Å². The highest BCUT2D eigenvalue weighted by Crippen LogP contribution is 2.43. The van der Waals surface area contributed by atoms with Crippen molar-refractivity contribution in [2.24, 2.45) is 5.41 Å². The van der Waals surface area contributed by atoms with E-state index >= 15 is 0 Å². The van der Waals surface area contributed by atoms with E-state index in [2.05, 4.69) is 4.72 Å². The van der Waals surface area contributed by atoms with Crippen molar-refractivity contribution < 1.29 is 17.5 Å². The van der Waals surface area contributed by atoms with Crippen molar-refractivity contribution in [1.82, 2.24) is 4.72 Å². The van der Waals surface area contributed by atoms with E-state index in [1.54, 1.807) is 7.11 Å². The van der Waals surface area contributed by atoms with Gasteiger partial charge in [0.25, 0.3) is 0 Å². The van der Waals surface area contributed by atoms with Crippen molar-refractivity contribution in [2.75, 3.05) is 12.8 Å². The van der Waals surface area contributed by atoms with Crippen molar-refractivity contribution in [2.45, 2.75) is 37.3 Å². The molecule has 0 spiro atoms. The predicted molar refractivity (Wildman–Crippen MR) is 79.1 cm³/mol. The molecule has 1 saturated carbocycles. The molecule has 8 heteroatoms. The van der Waals surface area contributed by atoms with Gasteiger partial charge in [0.15, 0.2) is 5.82 Å². The third-order valence-corrected chi connectivity index (χ3v) is 5.77. The Morgan fingerprint density at radius 1 is 1.48 bits per heavy atom. The van der Waals surface area contributed by atoms with Crippen LogP contribution in [0.3, 0.4) is 0 Å². The first-order valence-corrected chi connectivity index (χ1v) is 8.25. The lowest BCUT2D eigenvalue weighted by Gasteiger charge is -2.50. The maximum absolute atomic E-state index is 14.0. The summed E-state index contributed by atoms with van der Waals surface area (Å²) in [6.07, 6.45) is 0.486. The molecule has 0 aliphatic heterocycles. The van der Waals surface area contributed by atoms with Crippen molar-refractivity contribution in [3.63, 3.8) is 0 Å². The Hall–Kier alpha value is -0.890. The van der Waals surface area contributed by atoms with Gasteiger partial charge < -0.3 is 10.5 Å². The molecule has 0 saturated heterocycles. The molecular formula is C13H18ClFN2O3S. The monoisotopic (exact) mass is 336 g/mol. The highest BCUT2D eigenvalue weighted by Gasteiger charge is 2.50. The third kappa shape index (κ3) is 2.88. The van der Waals surface area contributed by atoms with Crippen LogP contribution in [0.4, 0.5) is 10.1 Å². The summed E-state index contributed by atoms with van der Waals surface area (Å²) in [7, 11) is -2.47. The highest BCUT2D eigenvalue weighted by atomic mass is 35.5. The molecule has 0 amide bonds. The first-order valence-electron chi connectivity index (χ1n) is 6.39. The second kappa shape index (κ2) is 5.39. The number of benzene rings is 1. The zero-order valence-electron chi connectivity index (χ0n) is 12.0. The van der Waals surface area contributed by atoms with Gasteiger partial charge in [-0.15, -0.1) is 0 Å². The number of nitrogens with two attached hydrogens (primary N) is 1. The number of sulfonamides is 1. The van der Waals surface area contributed by atoms with Gasteiger partial charge in [-0.05, 0) is 18.6 Å². The maximum Gasteiger partial charge on any atom is 0.243 e. The van der Waals surface area contributed by atoms with Crippen molar-refractivity contribution in [3.05, 3.63) is 23.0 Å². The standard InChI is InChI=1S/C13H18ClFN2O3S/c1-13(2)10(6-11(13)20-3)17-21(18,19)9-5-7(14)4-8(16)12(9)15/h4-5,10-11,17H,6,16H2,1-3H3. The minimum Gasteiger partial charge on any atom is -0.396 e. The molecule has 1 aromatic rings. The van der Waals surface area contributed by atoms with Gasteiger partial charge in [0.1, 0.15) is 4.90 Å². The Kier molecular flexibility index (Phi) is 4.23. The second-order valence-electron chi connectivity index (χ2n) is 5.76. The first-order chi connectivity index (χ1) is 9.59. The number of halogens is 2. The van der Waals surface area contributed by atoms with E-state index in [0.717, 1.165) is 6.07 Å². The number of nitrogen functional groups attached to an aromatic ring is 1. The van der Waals surface area contributed by atoms with E-state index in [0.29, 0.717) is 6.42 Å². The fourth-order valence-electron chi connectivity index (χ4n) is 2.52. The normalized spacial score (nSPS) is 24.6. The van der Waals surface area contributed by atoms with Crippen LogP contribution in [-0.2, 0) is 14.8 Å². The molecule has 1 aliphatic rings. The highest BCUT2D eigenvalue weighted by molar-refractivity contribution is 7.89. The molecule has 1 aromatic carbocycles. The Labute approximate surface area is 128 Å². The Morgan fingerprint density at radius 3 is 2.62 bits per heavy atom. The minimum absolute atomic E-state index is 0.0422. The van der Waals surface area contributed by atoms with Crippen LogP contribution in [0.2, 0.25) is 5.02 Å². The zero-order valence-corrected chi connectivity index (χ0v) is 13.6. The molecule has 0 radical (unpaired) electrons. The second-order valence-corrected chi connectivity index (χ2v) is 7.88. The van der Waals surface area contributed by atoms with Crippen molar-refractivity contribution >= 4 is 27.3 Å². The number of anilines is 1. The number of hydrogen-bond acceptors (Lipinski definition) is 4. The summed E-state index contributed by atoms with van der Waals surface area (Å²) in [6, 6.07) is 1.88. The van der Waals surface area contributed by atoms with E-state index < -0.39 is 20.7 Å². The Bertz CT molecular complexity index is 664. The summed E-state index contributed by atoms with van der Waals surface area (Å²) >= 11 is 5.76. The zero-order chi connectivity index (χ0) is 16.0. The molecule has 5 nitrogen and oxygen atoms in total. The summed E-state index contributed by atoms with van der Waals surface area (Å²) < 4.78 is 46.4. The lowest BCUT2D eigenvalue weighted by molar-refractivity contribution is -0.0908. The Balaban J connectivity index is 2.29. The average Bonchev–Trinajstić information content (AvgIpc) is 2.38. The molecule has 0 aromatic heterocycles. The summed E-state index contributed by atoms with van der Waals surface area (Å²) in [6.45, 7) is 3.78. The molecule has 2 unspecified atom stereocenters. The van der Waals surface area contributed by atoms with Crippen LogP contribution in [0.1, 0.15) is 20.3 Å². The van der Waals surface area contributed by atoms with Gasteiger partial charge in [0, 0.05) is 23.6 Å². The van der Waals surface area contributed by atoms with Crippen molar-refractivity contribution in [1.29, 1.82) is 0 Å². The molecule has 21 heavy (non-hydrogen) atoms. The molecule has 2 rings (SSSR count). The minimum atomic E-state index is -4.04. The fraction of sp³-hybridized carbons (Fsp3) is 0.538. The molecule has 1 aliphatic carbocycles. The Morgan fingerprint density at radius 2 is 2.10 bits per heavy atom. The van der Waals surface area contributed by atoms with E-state index in [1.807, 2.05) is 13.8 Å². The van der Waals surface area contributed by atoms with Gasteiger partial charge >= 0.3 is 0 Å². The molecule has 0 bridgehead atoms. The first kappa shape index (κ1) is 16.5. The summed E-state index contributed by atoms with van der Waals surface area (Å²) in [5.41, 5.74) is 4.75. The number of ether oxygens (including phenoxy) is 1. The SMILES string of the molecule is COC1CC(NS(=O)(=O)c2cc(Cl)cc(N)c2F)C1(C)C. The van der Waals surface area contributed by atoms with Gasteiger partial charge in [-0.25, -0.2) is 17.5 Å². The van der Waals surface area contributed by atoms with Gasteiger partial charge in [-0.3, -0.25) is 0 Å². The summed E-state index contributed by atoms with van der Waals surface area (Å²) in [4.78, 5) is -0.538. The van der Waals surface area contributed by atoms with Crippen LogP contribution in [0.5, 0.6) is 0 Å². The third-order valence-electron chi connectivity index (χ3n) is 4.08. The smallest absolute Gasteiger partial charge is 0.243 e. The van der Waals surface area contributed by atoms with Gasteiger partial charge in [-0.1, -0.05) is 25.4 Å². The number of methoxy groups -OCH3 is 1. The molecule has 3 N–H and O–H groups in total. The molecule has 1 fully saturated rings. The molecular weight excluding hydrogens is 319 g/mol. The number of rotatable bonds is 4. The van der Waals surface area contributed by atoms with Gasteiger partial charge in [-0.2, -0.15) is 0 Å². The molecule has 0 heterocycles. The van der Waals surface area contributed by atoms with E-state index in [4.69, 9.17) is 22.1 Å². The fourth-order valence-corrected chi connectivity index (χ4v) is 4.34. The molecule has 118 valence electrons. The van der Waals surface area contributed by atoms with Crippen LogP contribution in [-0.4, -0.2) is 27.7 Å². The number of hydrogen-bond donors (Lipinski definition) is 2. The topological polar surface area (TPSA) is 81.4 Å². The maximum atomic E-state index is 14.0. The van der Waals surface area contributed by atoms with Crippen LogP contribution in [0.25, 0.3) is 0 Å². The summed E-state index contributed by atoms with van der Waals surface area (Å²) in [5.74, 6) is -0.993. The van der Waals surface area contributed by atoms with E-state index in [-0.39, 0.29) is 28.3 Å². The molecule has 2 atom stereocenters. The lowest BCUT2D eigenvalue weighted by atomic mass is 9.65. The average molecular weight is 337 g/mol.